The Morgan fingerprint density at radius 1 is 1.55 bits per heavy atom. The molecule has 2 amide bonds. The molecule has 4 N–H and O–H groups in total. The standard InChI is InChI=1S/C13H18N4O3/c14-10(12(18)19)3-6-16-13(20)17-7-4-9-2-1-5-15-11(9)8-17/h1-2,5,10H,3-4,6-8,14H2,(H,16,20)(H,18,19)/t10-/m0/s1. The van der Waals surface area contributed by atoms with Gasteiger partial charge in [0.05, 0.1) is 12.2 Å². The first-order chi connectivity index (χ1) is 9.58. The molecule has 0 spiro atoms. The molecule has 0 fully saturated rings. The van der Waals surface area contributed by atoms with Crippen LogP contribution in [0.25, 0.3) is 0 Å². The summed E-state index contributed by atoms with van der Waals surface area (Å²) in [5.41, 5.74) is 7.45. The number of aliphatic carboxylic acids is 1. The Labute approximate surface area is 116 Å². The number of carboxylic acids is 1. The molecule has 2 heterocycles. The van der Waals surface area contributed by atoms with Gasteiger partial charge < -0.3 is 21.1 Å². The summed E-state index contributed by atoms with van der Waals surface area (Å²) >= 11 is 0. The summed E-state index contributed by atoms with van der Waals surface area (Å²) in [7, 11) is 0. The van der Waals surface area contributed by atoms with Crippen molar-refractivity contribution in [3.05, 3.63) is 29.6 Å². The highest BCUT2D eigenvalue weighted by Gasteiger charge is 2.21. The van der Waals surface area contributed by atoms with Gasteiger partial charge in [-0.3, -0.25) is 9.78 Å². The van der Waals surface area contributed by atoms with Crippen LogP contribution in [0.3, 0.4) is 0 Å². The van der Waals surface area contributed by atoms with Crippen molar-refractivity contribution in [3.63, 3.8) is 0 Å². The molecule has 0 bridgehead atoms. The second kappa shape index (κ2) is 6.33. The van der Waals surface area contributed by atoms with Crippen molar-refractivity contribution in [2.24, 2.45) is 5.73 Å². The van der Waals surface area contributed by atoms with E-state index in [2.05, 4.69) is 10.3 Å². The maximum Gasteiger partial charge on any atom is 0.320 e. The average Bonchev–Trinajstić information content (AvgIpc) is 2.46. The van der Waals surface area contributed by atoms with Crippen molar-refractivity contribution in [1.29, 1.82) is 0 Å². The van der Waals surface area contributed by atoms with E-state index in [0.29, 0.717) is 13.1 Å². The van der Waals surface area contributed by atoms with Gasteiger partial charge in [0.1, 0.15) is 6.04 Å². The average molecular weight is 278 g/mol. The minimum Gasteiger partial charge on any atom is -0.480 e. The number of nitrogens with two attached hydrogens (primary N) is 1. The number of urea groups is 1. The highest BCUT2D eigenvalue weighted by molar-refractivity contribution is 5.75. The van der Waals surface area contributed by atoms with Gasteiger partial charge in [-0.1, -0.05) is 6.07 Å². The Morgan fingerprint density at radius 3 is 3.10 bits per heavy atom. The van der Waals surface area contributed by atoms with Crippen molar-refractivity contribution in [3.8, 4) is 0 Å². The minimum absolute atomic E-state index is 0.209. The molecular formula is C13H18N4O3. The summed E-state index contributed by atoms with van der Waals surface area (Å²) < 4.78 is 0. The monoisotopic (exact) mass is 278 g/mol. The van der Waals surface area contributed by atoms with E-state index in [1.807, 2.05) is 12.1 Å². The van der Waals surface area contributed by atoms with Gasteiger partial charge in [0, 0.05) is 19.3 Å². The molecule has 1 aromatic rings. The van der Waals surface area contributed by atoms with Crippen LogP contribution in [0.4, 0.5) is 4.79 Å². The molecule has 0 radical (unpaired) electrons. The Hall–Kier alpha value is -2.15. The fourth-order valence-electron chi connectivity index (χ4n) is 2.10. The first-order valence-corrected chi connectivity index (χ1v) is 6.52. The number of amides is 2. The van der Waals surface area contributed by atoms with Crippen LogP contribution in [-0.2, 0) is 17.8 Å². The topological polar surface area (TPSA) is 109 Å². The molecule has 1 aromatic heterocycles. The van der Waals surface area contributed by atoms with Crippen LogP contribution in [0.15, 0.2) is 18.3 Å². The molecule has 0 saturated heterocycles. The van der Waals surface area contributed by atoms with Crippen LogP contribution >= 0.6 is 0 Å². The maximum absolute atomic E-state index is 12.0. The lowest BCUT2D eigenvalue weighted by Crippen LogP contribution is -2.44. The number of carbonyl (C=O) groups is 2. The van der Waals surface area contributed by atoms with E-state index in [0.717, 1.165) is 12.1 Å². The first kappa shape index (κ1) is 14.3. The Kier molecular flexibility index (Phi) is 4.52. The SMILES string of the molecule is N[C@@H](CCNC(=O)N1CCc2cccnc2C1)C(=O)O. The summed E-state index contributed by atoms with van der Waals surface area (Å²) in [5, 5.41) is 11.3. The number of hydrogen-bond donors (Lipinski definition) is 3. The van der Waals surface area contributed by atoms with E-state index in [9.17, 15) is 9.59 Å². The number of nitrogens with one attached hydrogen (secondary N) is 1. The summed E-state index contributed by atoms with van der Waals surface area (Å²) in [6.07, 6.45) is 2.71. The molecule has 1 aliphatic rings. The highest BCUT2D eigenvalue weighted by atomic mass is 16.4. The third-order valence-electron chi connectivity index (χ3n) is 3.31. The molecule has 108 valence electrons. The van der Waals surface area contributed by atoms with E-state index in [4.69, 9.17) is 10.8 Å². The van der Waals surface area contributed by atoms with E-state index in [1.165, 1.54) is 5.56 Å². The molecule has 1 aliphatic heterocycles. The predicted molar refractivity (Wildman–Crippen MR) is 72.0 cm³/mol. The normalized spacial score (nSPS) is 15.3. The molecule has 0 aromatic carbocycles. The summed E-state index contributed by atoms with van der Waals surface area (Å²) in [4.78, 5) is 28.4. The van der Waals surface area contributed by atoms with Crippen LogP contribution in [0.2, 0.25) is 0 Å². The van der Waals surface area contributed by atoms with E-state index >= 15 is 0 Å². The fourth-order valence-corrected chi connectivity index (χ4v) is 2.10. The number of carbonyl (C=O) groups excluding carboxylic acids is 1. The Morgan fingerprint density at radius 2 is 2.35 bits per heavy atom. The van der Waals surface area contributed by atoms with Gasteiger partial charge in [0.15, 0.2) is 0 Å². The van der Waals surface area contributed by atoms with E-state index in [-0.39, 0.29) is 19.0 Å². The van der Waals surface area contributed by atoms with Crippen LogP contribution in [0.5, 0.6) is 0 Å². The number of rotatable bonds is 4. The smallest absolute Gasteiger partial charge is 0.320 e. The van der Waals surface area contributed by atoms with Gasteiger partial charge in [0.25, 0.3) is 0 Å². The summed E-state index contributed by atoms with van der Waals surface area (Å²) in [6.45, 7) is 1.36. The maximum atomic E-state index is 12.0. The minimum atomic E-state index is -1.06. The van der Waals surface area contributed by atoms with Gasteiger partial charge >= 0.3 is 12.0 Å². The van der Waals surface area contributed by atoms with Gasteiger partial charge in [0.2, 0.25) is 0 Å². The van der Waals surface area contributed by atoms with Crippen molar-refractivity contribution >= 4 is 12.0 Å². The molecule has 0 saturated carbocycles. The second-order valence-electron chi connectivity index (χ2n) is 4.75. The first-order valence-electron chi connectivity index (χ1n) is 6.52. The number of carboxylic acid groups (broad SMARTS) is 1. The third kappa shape index (κ3) is 3.45. The van der Waals surface area contributed by atoms with Crippen molar-refractivity contribution in [2.75, 3.05) is 13.1 Å². The predicted octanol–water partition coefficient (Wildman–Crippen LogP) is -0.0487. The second-order valence-corrected chi connectivity index (χ2v) is 4.75. The molecule has 7 nitrogen and oxygen atoms in total. The van der Waals surface area contributed by atoms with Gasteiger partial charge in [-0.25, -0.2) is 4.79 Å². The Balaban J connectivity index is 1.81. The molecule has 7 heteroatoms. The number of pyridine rings is 1. The van der Waals surface area contributed by atoms with E-state index in [1.54, 1.807) is 11.1 Å². The number of nitrogens with zero attached hydrogens (tertiary/aromatic N) is 2. The van der Waals surface area contributed by atoms with Crippen molar-refractivity contribution < 1.29 is 14.7 Å². The van der Waals surface area contributed by atoms with Crippen LogP contribution in [0, 0.1) is 0 Å². The number of fused-ring (bicyclic) bond motifs is 1. The molecule has 2 rings (SSSR count). The van der Waals surface area contributed by atoms with Gasteiger partial charge in [-0.05, 0) is 24.5 Å². The molecule has 0 unspecified atom stereocenters. The molecule has 1 atom stereocenters. The lowest BCUT2D eigenvalue weighted by atomic mass is 10.1. The van der Waals surface area contributed by atoms with Crippen molar-refractivity contribution in [1.82, 2.24) is 15.2 Å². The quantitative estimate of drug-likeness (QED) is 0.715. The highest BCUT2D eigenvalue weighted by Crippen LogP contribution is 2.15. The third-order valence-corrected chi connectivity index (χ3v) is 3.31. The van der Waals surface area contributed by atoms with Gasteiger partial charge in [-0.15, -0.1) is 0 Å². The fraction of sp³-hybridized carbons (Fsp3) is 0.462. The lowest BCUT2D eigenvalue weighted by molar-refractivity contribution is -0.138. The zero-order valence-corrected chi connectivity index (χ0v) is 11.1. The zero-order chi connectivity index (χ0) is 14.5. The van der Waals surface area contributed by atoms with Crippen molar-refractivity contribution in [2.45, 2.75) is 25.4 Å². The molecular weight excluding hydrogens is 260 g/mol. The van der Waals surface area contributed by atoms with Crippen LogP contribution < -0.4 is 11.1 Å². The van der Waals surface area contributed by atoms with Gasteiger partial charge in [-0.2, -0.15) is 0 Å². The summed E-state index contributed by atoms with van der Waals surface area (Å²) in [5.74, 6) is -1.06. The Bertz CT molecular complexity index is 506. The molecule has 20 heavy (non-hydrogen) atoms. The van der Waals surface area contributed by atoms with Crippen LogP contribution in [0.1, 0.15) is 17.7 Å². The van der Waals surface area contributed by atoms with Crippen LogP contribution in [-0.4, -0.2) is 46.1 Å². The zero-order valence-electron chi connectivity index (χ0n) is 11.1. The van der Waals surface area contributed by atoms with E-state index < -0.39 is 12.0 Å². The number of aromatic nitrogens is 1. The summed E-state index contributed by atoms with van der Waals surface area (Å²) in [6, 6.07) is 2.75. The lowest BCUT2D eigenvalue weighted by Gasteiger charge is -2.28. The largest absolute Gasteiger partial charge is 0.480 e. The number of hydrogen-bond acceptors (Lipinski definition) is 4. The molecule has 0 aliphatic carbocycles.